The highest BCUT2D eigenvalue weighted by Gasteiger charge is 2.05. The molecule has 1 heterocycles. The SMILES string of the molecule is CNc1cnc(C)n1-c1ccccc1. The quantitative estimate of drug-likeness (QED) is 0.781. The zero-order valence-corrected chi connectivity index (χ0v) is 8.36. The molecule has 0 saturated carbocycles. The number of hydrogen-bond acceptors (Lipinski definition) is 2. The van der Waals surface area contributed by atoms with Gasteiger partial charge >= 0.3 is 0 Å². The van der Waals surface area contributed by atoms with Crippen molar-refractivity contribution in [2.24, 2.45) is 0 Å². The number of anilines is 1. The first-order chi connectivity index (χ1) is 6.83. The minimum Gasteiger partial charge on any atom is -0.373 e. The Kier molecular flexibility index (Phi) is 2.23. The Morgan fingerprint density at radius 2 is 1.93 bits per heavy atom. The van der Waals surface area contributed by atoms with Crippen LogP contribution >= 0.6 is 0 Å². The molecule has 1 aromatic carbocycles. The molecule has 0 aliphatic carbocycles. The molecular weight excluding hydrogens is 174 g/mol. The van der Waals surface area contributed by atoms with Gasteiger partial charge in [-0.2, -0.15) is 0 Å². The first kappa shape index (κ1) is 8.81. The number of hydrogen-bond donors (Lipinski definition) is 1. The average Bonchev–Trinajstić information content (AvgIpc) is 2.61. The molecule has 72 valence electrons. The lowest BCUT2D eigenvalue weighted by Crippen LogP contribution is -2.01. The van der Waals surface area contributed by atoms with Crippen LogP contribution < -0.4 is 5.32 Å². The largest absolute Gasteiger partial charge is 0.373 e. The fourth-order valence-electron chi connectivity index (χ4n) is 1.52. The average molecular weight is 187 g/mol. The van der Waals surface area contributed by atoms with Crippen LogP contribution in [0.3, 0.4) is 0 Å². The molecule has 0 atom stereocenters. The Morgan fingerprint density at radius 1 is 1.21 bits per heavy atom. The summed E-state index contributed by atoms with van der Waals surface area (Å²) in [6.07, 6.45) is 1.84. The number of benzene rings is 1. The second-order valence-corrected chi connectivity index (χ2v) is 3.11. The van der Waals surface area contributed by atoms with E-state index in [0.717, 1.165) is 17.3 Å². The monoisotopic (exact) mass is 187 g/mol. The Balaban J connectivity index is 2.55. The second-order valence-electron chi connectivity index (χ2n) is 3.11. The third kappa shape index (κ3) is 1.37. The van der Waals surface area contributed by atoms with Gasteiger partial charge in [0.2, 0.25) is 0 Å². The van der Waals surface area contributed by atoms with E-state index in [-0.39, 0.29) is 0 Å². The summed E-state index contributed by atoms with van der Waals surface area (Å²) in [4.78, 5) is 4.26. The summed E-state index contributed by atoms with van der Waals surface area (Å²) in [5.74, 6) is 1.99. The van der Waals surface area contributed by atoms with Gasteiger partial charge in [0.15, 0.2) is 0 Å². The summed E-state index contributed by atoms with van der Waals surface area (Å²) in [5, 5.41) is 3.12. The molecule has 1 N–H and O–H groups in total. The maximum absolute atomic E-state index is 4.26. The zero-order chi connectivity index (χ0) is 9.97. The maximum Gasteiger partial charge on any atom is 0.130 e. The number of imidazole rings is 1. The van der Waals surface area contributed by atoms with Crippen molar-refractivity contribution in [1.82, 2.24) is 9.55 Å². The molecule has 0 spiro atoms. The molecule has 0 aliphatic rings. The van der Waals surface area contributed by atoms with Crippen molar-refractivity contribution >= 4 is 5.82 Å². The van der Waals surface area contributed by atoms with Gasteiger partial charge in [-0.3, -0.25) is 4.57 Å². The molecule has 1 aromatic heterocycles. The zero-order valence-electron chi connectivity index (χ0n) is 8.36. The third-order valence-electron chi connectivity index (χ3n) is 2.21. The number of nitrogens with one attached hydrogen (secondary N) is 1. The van der Waals surface area contributed by atoms with Crippen molar-refractivity contribution in [1.29, 1.82) is 0 Å². The summed E-state index contributed by atoms with van der Waals surface area (Å²) in [7, 11) is 1.90. The lowest BCUT2D eigenvalue weighted by Gasteiger charge is -2.08. The van der Waals surface area contributed by atoms with Gasteiger partial charge in [0, 0.05) is 12.7 Å². The fourth-order valence-corrected chi connectivity index (χ4v) is 1.52. The van der Waals surface area contributed by atoms with Crippen LogP contribution in [0, 0.1) is 6.92 Å². The number of rotatable bonds is 2. The lowest BCUT2D eigenvalue weighted by atomic mass is 10.3. The second kappa shape index (κ2) is 3.54. The van der Waals surface area contributed by atoms with Gasteiger partial charge in [-0.1, -0.05) is 18.2 Å². The van der Waals surface area contributed by atoms with E-state index in [2.05, 4.69) is 27.0 Å². The summed E-state index contributed by atoms with van der Waals surface area (Å²) in [6.45, 7) is 1.99. The normalized spacial score (nSPS) is 10.1. The van der Waals surface area contributed by atoms with Gasteiger partial charge in [0.05, 0.1) is 6.20 Å². The molecular formula is C11H13N3. The molecule has 0 fully saturated rings. The Morgan fingerprint density at radius 3 is 2.57 bits per heavy atom. The first-order valence-corrected chi connectivity index (χ1v) is 4.60. The van der Waals surface area contributed by atoms with E-state index in [1.807, 2.05) is 38.4 Å². The minimum absolute atomic E-state index is 0.987. The molecule has 14 heavy (non-hydrogen) atoms. The number of nitrogens with zero attached hydrogens (tertiary/aromatic N) is 2. The highest BCUT2D eigenvalue weighted by atomic mass is 15.2. The Labute approximate surface area is 83.4 Å². The van der Waals surface area contributed by atoms with Crippen molar-refractivity contribution in [3.8, 4) is 5.69 Å². The van der Waals surface area contributed by atoms with Crippen LogP contribution in [-0.2, 0) is 0 Å². The van der Waals surface area contributed by atoms with Gasteiger partial charge in [0.25, 0.3) is 0 Å². The van der Waals surface area contributed by atoms with Crippen LogP contribution in [0.15, 0.2) is 36.5 Å². The summed E-state index contributed by atoms with van der Waals surface area (Å²) < 4.78 is 2.08. The van der Waals surface area contributed by atoms with Gasteiger partial charge in [-0.05, 0) is 19.1 Å². The highest BCUT2D eigenvalue weighted by molar-refractivity contribution is 5.46. The van der Waals surface area contributed by atoms with Crippen LogP contribution in [0.4, 0.5) is 5.82 Å². The lowest BCUT2D eigenvalue weighted by molar-refractivity contribution is 0.977. The summed E-state index contributed by atoms with van der Waals surface area (Å²) in [6, 6.07) is 10.2. The highest BCUT2D eigenvalue weighted by Crippen LogP contribution is 2.17. The van der Waals surface area contributed by atoms with Gasteiger partial charge in [-0.15, -0.1) is 0 Å². The molecule has 0 aliphatic heterocycles. The van der Waals surface area contributed by atoms with Crippen LogP contribution in [-0.4, -0.2) is 16.6 Å². The molecule has 2 aromatic rings. The Bertz CT molecular complexity index is 417. The van der Waals surface area contributed by atoms with Gasteiger partial charge in [-0.25, -0.2) is 4.98 Å². The standard InChI is InChI=1S/C11H13N3/c1-9-13-8-11(12-2)14(9)10-6-4-3-5-7-10/h3-8,12H,1-2H3. The topological polar surface area (TPSA) is 29.9 Å². The molecule has 0 bridgehead atoms. The molecule has 3 nitrogen and oxygen atoms in total. The number of aryl methyl sites for hydroxylation is 1. The summed E-state index contributed by atoms with van der Waals surface area (Å²) in [5.41, 5.74) is 1.13. The van der Waals surface area contributed by atoms with E-state index in [1.54, 1.807) is 0 Å². The van der Waals surface area contributed by atoms with Crippen molar-refractivity contribution < 1.29 is 0 Å². The van der Waals surface area contributed by atoms with E-state index in [0.29, 0.717) is 0 Å². The number of aromatic nitrogens is 2. The van der Waals surface area contributed by atoms with E-state index >= 15 is 0 Å². The molecule has 0 unspecified atom stereocenters. The smallest absolute Gasteiger partial charge is 0.130 e. The predicted molar refractivity (Wildman–Crippen MR) is 57.8 cm³/mol. The van der Waals surface area contributed by atoms with E-state index in [1.165, 1.54) is 0 Å². The van der Waals surface area contributed by atoms with Crippen molar-refractivity contribution in [2.75, 3.05) is 12.4 Å². The van der Waals surface area contributed by atoms with E-state index < -0.39 is 0 Å². The molecule has 0 saturated heterocycles. The van der Waals surface area contributed by atoms with E-state index in [4.69, 9.17) is 0 Å². The van der Waals surface area contributed by atoms with Crippen LogP contribution in [0.5, 0.6) is 0 Å². The number of para-hydroxylation sites is 1. The van der Waals surface area contributed by atoms with Crippen molar-refractivity contribution in [3.63, 3.8) is 0 Å². The maximum atomic E-state index is 4.26. The third-order valence-corrected chi connectivity index (χ3v) is 2.21. The van der Waals surface area contributed by atoms with Crippen molar-refractivity contribution in [3.05, 3.63) is 42.4 Å². The van der Waals surface area contributed by atoms with Crippen LogP contribution in [0.2, 0.25) is 0 Å². The first-order valence-electron chi connectivity index (χ1n) is 4.60. The molecule has 3 heteroatoms. The molecule has 0 radical (unpaired) electrons. The predicted octanol–water partition coefficient (Wildman–Crippen LogP) is 2.22. The van der Waals surface area contributed by atoms with Gasteiger partial charge < -0.3 is 5.32 Å². The van der Waals surface area contributed by atoms with Crippen LogP contribution in [0.1, 0.15) is 5.82 Å². The minimum atomic E-state index is 0.987. The van der Waals surface area contributed by atoms with Crippen LogP contribution in [0.25, 0.3) is 5.69 Å². The summed E-state index contributed by atoms with van der Waals surface area (Å²) >= 11 is 0. The van der Waals surface area contributed by atoms with E-state index in [9.17, 15) is 0 Å². The fraction of sp³-hybridized carbons (Fsp3) is 0.182. The molecule has 0 amide bonds. The Hall–Kier alpha value is -1.77. The molecule has 2 rings (SSSR count). The van der Waals surface area contributed by atoms with Gasteiger partial charge in [0.1, 0.15) is 11.6 Å². The van der Waals surface area contributed by atoms with Crippen molar-refractivity contribution in [2.45, 2.75) is 6.92 Å².